The smallest absolute Gasteiger partial charge is 0.165 e. The highest BCUT2D eigenvalue weighted by Crippen LogP contribution is 2.39. The lowest BCUT2D eigenvalue weighted by atomic mass is 10.0. The van der Waals surface area contributed by atoms with Gasteiger partial charge in [0.1, 0.15) is 6.10 Å². The van der Waals surface area contributed by atoms with Crippen LogP contribution in [0.5, 0.6) is 5.75 Å². The summed E-state index contributed by atoms with van der Waals surface area (Å²) in [6.45, 7) is 2.08. The maximum Gasteiger partial charge on any atom is 0.165 e. The molecule has 0 saturated carbocycles. The minimum Gasteiger partial charge on any atom is -0.485 e. The zero-order chi connectivity index (χ0) is 11.5. The van der Waals surface area contributed by atoms with Gasteiger partial charge in [-0.05, 0) is 12.5 Å². The highest BCUT2D eigenvalue weighted by molar-refractivity contribution is 5.41. The summed E-state index contributed by atoms with van der Waals surface area (Å²) >= 11 is 0. The van der Waals surface area contributed by atoms with Crippen molar-refractivity contribution >= 4 is 0 Å². The van der Waals surface area contributed by atoms with Crippen LogP contribution in [-0.4, -0.2) is 13.2 Å². The molecule has 1 aliphatic heterocycles. The van der Waals surface area contributed by atoms with Crippen LogP contribution in [0.1, 0.15) is 31.4 Å². The molecule has 1 aromatic rings. The van der Waals surface area contributed by atoms with E-state index in [1.165, 1.54) is 6.07 Å². The van der Waals surface area contributed by atoms with Crippen molar-refractivity contribution in [2.24, 2.45) is 0 Å². The van der Waals surface area contributed by atoms with Crippen LogP contribution in [0.2, 0.25) is 0 Å². The molecule has 1 heterocycles. The fourth-order valence-electron chi connectivity index (χ4n) is 2.09. The molecule has 0 aliphatic carbocycles. The molecule has 3 nitrogen and oxygen atoms in total. The predicted octanol–water partition coefficient (Wildman–Crippen LogP) is 2.58. The van der Waals surface area contributed by atoms with Gasteiger partial charge in [0.15, 0.2) is 11.6 Å². The van der Waals surface area contributed by atoms with Crippen LogP contribution in [-0.2, 0) is 4.84 Å². The highest BCUT2D eigenvalue weighted by Gasteiger charge is 2.35. The Morgan fingerprint density at radius 2 is 2.31 bits per heavy atom. The quantitative estimate of drug-likeness (QED) is 0.799. The SMILES string of the molecule is CCCC1Oc2c(F)cccc2C1NOC. The lowest BCUT2D eigenvalue weighted by molar-refractivity contribution is 0.0265. The normalized spacial score (nSPS) is 22.9. The van der Waals surface area contributed by atoms with Crippen molar-refractivity contribution in [2.45, 2.75) is 31.9 Å². The third-order valence-corrected chi connectivity index (χ3v) is 2.79. The molecule has 1 N–H and O–H groups in total. The topological polar surface area (TPSA) is 30.5 Å². The van der Waals surface area contributed by atoms with E-state index in [0.717, 1.165) is 18.4 Å². The van der Waals surface area contributed by atoms with Gasteiger partial charge in [0, 0.05) is 5.56 Å². The van der Waals surface area contributed by atoms with Gasteiger partial charge >= 0.3 is 0 Å². The second-order valence-corrected chi connectivity index (χ2v) is 3.90. The summed E-state index contributed by atoms with van der Waals surface area (Å²) in [5, 5.41) is 0. The summed E-state index contributed by atoms with van der Waals surface area (Å²) in [7, 11) is 1.56. The molecule has 0 aromatic heterocycles. The van der Waals surface area contributed by atoms with Crippen LogP contribution in [0.25, 0.3) is 0 Å². The molecule has 88 valence electrons. The number of para-hydroxylation sites is 1. The van der Waals surface area contributed by atoms with Gasteiger partial charge in [-0.25, -0.2) is 4.39 Å². The monoisotopic (exact) mass is 225 g/mol. The fourth-order valence-corrected chi connectivity index (χ4v) is 2.09. The molecule has 1 aliphatic rings. The Morgan fingerprint density at radius 1 is 1.50 bits per heavy atom. The summed E-state index contributed by atoms with van der Waals surface area (Å²) in [6.07, 6.45) is 1.80. The third-order valence-electron chi connectivity index (χ3n) is 2.79. The first-order chi connectivity index (χ1) is 7.77. The number of rotatable bonds is 4. The largest absolute Gasteiger partial charge is 0.485 e. The van der Waals surface area contributed by atoms with Crippen molar-refractivity contribution in [1.29, 1.82) is 0 Å². The van der Waals surface area contributed by atoms with Crippen LogP contribution < -0.4 is 10.2 Å². The first-order valence-electron chi connectivity index (χ1n) is 5.51. The minimum atomic E-state index is -0.306. The molecule has 0 saturated heterocycles. The van der Waals surface area contributed by atoms with E-state index < -0.39 is 0 Å². The fraction of sp³-hybridized carbons (Fsp3) is 0.500. The standard InChI is InChI=1S/C12H16FNO2/c1-3-5-10-11(14-15-2)8-6-4-7-9(13)12(8)16-10/h4,6-7,10-11,14H,3,5H2,1-2H3. The van der Waals surface area contributed by atoms with Crippen LogP contribution in [0, 0.1) is 5.82 Å². The number of hydroxylamine groups is 1. The molecule has 2 unspecified atom stereocenters. The van der Waals surface area contributed by atoms with Crippen molar-refractivity contribution in [2.75, 3.05) is 7.11 Å². The first kappa shape index (κ1) is 11.4. The Kier molecular flexibility index (Phi) is 3.41. The summed E-state index contributed by atoms with van der Waals surface area (Å²) in [5.41, 5.74) is 3.70. The number of fused-ring (bicyclic) bond motifs is 1. The van der Waals surface area contributed by atoms with Gasteiger partial charge < -0.3 is 9.57 Å². The molecular formula is C12H16FNO2. The van der Waals surface area contributed by atoms with Crippen LogP contribution in [0.3, 0.4) is 0 Å². The van der Waals surface area contributed by atoms with Gasteiger partial charge in [-0.1, -0.05) is 25.5 Å². The van der Waals surface area contributed by atoms with Crippen molar-refractivity contribution in [3.63, 3.8) is 0 Å². The number of ether oxygens (including phenoxy) is 1. The average molecular weight is 225 g/mol. The van der Waals surface area contributed by atoms with E-state index in [9.17, 15) is 4.39 Å². The van der Waals surface area contributed by atoms with Gasteiger partial charge in [-0.3, -0.25) is 0 Å². The van der Waals surface area contributed by atoms with E-state index in [1.807, 2.05) is 6.07 Å². The Hall–Kier alpha value is -1.13. The summed E-state index contributed by atoms with van der Waals surface area (Å²) in [5.74, 6) is 0.0505. The Morgan fingerprint density at radius 3 is 3.00 bits per heavy atom. The van der Waals surface area contributed by atoms with Crippen molar-refractivity contribution in [3.05, 3.63) is 29.6 Å². The Bertz CT molecular complexity index is 370. The number of nitrogens with one attached hydrogen (secondary N) is 1. The first-order valence-corrected chi connectivity index (χ1v) is 5.51. The van der Waals surface area contributed by atoms with Gasteiger partial charge in [0.2, 0.25) is 0 Å². The molecule has 0 fully saturated rings. The molecule has 0 bridgehead atoms. The lowest BCUT2D eigenvalue weighted by Crippen LogP contribution is -2.30. The van der Waals surface area contributed by atoms with E-state index in [1.54, 1.807) is 13.2 Å². The van der Waals surface area contributed by atoms with Crippen molar-refractivity contribution in [1.82, 2.24) is 5.48 Å². The van der Waals surface area contributed by atoms with Gasteiger partial charge in [-0.15, -0.1) is 0 Å². The zero-order valence-corrected chi connectivity index (χ0v) is 9.50. The predicted molar refractivity (Wildman–Crippen MR) is 58.6 cm³/mol. The molecule has 0 spiro atoms. The summed E-state index contributed by atoms with van der Waals surface area (Å²) in [6, 6.07) is 4.88. The molecule has 0 radical (unpaired) electrons. The van der Waals surface area contributed by atoms with Gasteiger partial charge in [0.25, 0.3) is 0 Å². The number of hydrogen-bond donors (Lipinski definition) is 1. The summed E-state index contributed by atoms with van der Waals surface area (Å²) in [4.78, 5) is 4.95. The highest BCUT2D eigenvalue weighted by atomic mass is 19.1. The second-order valence-electron chi connectivity index (χ2n) is 3.90. The lowest BCUT2D eigenvalue weighted by Gasteiger charge is -2.18. The molecule has 1 aromatic carbocycles. The third kappa shape index (κ3) is 1.90. The summed E-state index contributed by atoms with van der Waals surface area (Å²) < 4.78 is 19.2. The van der Waals surface area contributed by atoms with E-state index >= 15 is 0 Å². The maximum absolute atomic E-state index is 13.5. The van der Waals surface area contributed by atoms with Gasteiger partial charge in [-0.2, -0.15) is 5.48 Å². The van der Waals surface area contributed by atoms with Gasteiger partial charge in [0.05, 0.1) is 13.2 Å². The van der Waals surface area contributed by atoms with Crippen LogP contribution >= 0.6 is 0 Å². The molecule has 4 heteroatoms. The Balaban J connectivity index is 2.29. The number of hydrogen-bond acceptors (Lipinski definition) is 3. The zero-order valence-electron chi connectivity index (χ0n) is 9.50. The van der Waals surface area contributed by atoms with E-state index in [4.69, 9.17) is 9.57 Å². The van der Waals surface area contributed by atoms with Crippen molar-refractivity contribution in [3.8, 4) is 5.75 Å². The molecule has 2 rings (SSSR count). The molecule has 16 heavy (non-hydrogen) atoms. The van der Waals surface area contributed by atoms with E-state index in [2.05, 4.69) is 12.4 Å². The van der Waals surface area contributed by atoms with Crippen LogP contribution in [0.4, 0.5) is 4.39 Å². The Labute approximate surface area is 94.5 Å². The van der Waals surface area contributed by atoms with Crippen LogP contribution in [0.15, 0.2) is 18.2 Å². The molecule has 0 amide bonds. The average Bonchev–Trinajstić information content (AvgIpc) is 2.61. The van der Waals surface area contributed by atoms with E-state index in [0.29, 0.717) is 5.75 Å². The number of halogens is 1. The second kappa shape index (κ2) is 4.80. The molecule has 2 atom stereocenters. The maximum atomic E-state index is 13.5. The van der Waals surface area contributed by atoms with E-state index in [-0.39, 0.29) is 18.0 Å². The van der Waals surface area contributed by atoms with Crippen molar-refractivity contribution < 1.29 is 14.0 Å². The molecular weight excluding hydrogens is 209 g/mol. The number of benzene rings is 1. The minimum absolute atomic E-state index is 0.0585.